The van der Waals surface area contributed by atoms with Crippen molar-refractivity contribution < 1.29 is 46.8 Å². The Labute approximate surface area is 338 Å². The molecular weight excluding hydrogens is 783 g/mol. The summed E-state index contributed by atoms with van der Waals surface area (Å²) in [6.07, 6.45) is 5.24. The number of ether oxygens (including phenoxy) is 5. The second-order valence-electron chi connectivity index (χ2n) is 14.4. The van der Waals surface area contributed by atoms with E-state index in [1.54, 1.807) is 24.3 Å². The largest absolute Gasteiger partial charge is 0.497 e. The number of hydrogen-bond acceptors (Lipinski definition) is 10. The first-order valence-corrected chi connectivity index (χ1v) is 19.5. The van der Waals surface area contributed by atoms with Crippen LogP contribution in [0.4, 0.5) is 8.78 Å². The summed E-state index contributed by atoms with van der Waals surface area (Å²) in [5, 5.41) is 3.26. The summed E-state index contributed by atoms with van der Waals surface area (Å²) in [5.74, 6) is -1.10. The van der Waals surface area contributed by atoms with Crippen molar-refractivity contribution in [2.45, 2.75) is 57.0 Å². The highest BCUT2D eigenvalue weighted by atomic mass is 35.5. The molecule has 1 unspecified atom stereocenters. The minimum atomic E-state index is -3.09. The predicted octanol–water partition coefficient (Wildman–Crippen LogP) is 8.04. The van der Waals surface area contributed by atoms with Crippen molar-refractivity contribution in [3.05, 3.63) is 117 Å². The Morgan fingerprint density at radius 1 is 0.895 bits per heavy atom. The van der Waals surface area contributed by atoms with Gasteiger partial charge in [0, 0.05) is 30.9 Å². The smallest absolute Gasteiger partial charge is 0.387 e. The molecule has 0 spiro atoms. The van der Waals surface area contributed by atoms with Gasteiger partial charge in [0.15, 0.2) is 17.5 Å². The average molecular weight is 825 g/mol. The van der Waals surface area contributed by atoms with Crippen LogP contribution in [0.1, 0.15) is 75.2 Å². The number of rotatable bonds is 16. The lowest BCUT2D eigenvalue weighted by atomic mass is 9.86. The molecule has 11 nitrogen and oxygen atoms in total. The van der Waals surface area contributed by atoms with Gasteiger partial charge >= 0.3 is 18.6 Å². The lowest BCUT2D eigenvalue weighted by Crippen LogP contribution is -2.52. The van der Waals surface area contributed by atoms with E-state index in [0.29, 0.717) is 41.5 Å². The van der Waals surface area contributed by atoms with E-state index in [4.69, 9.17) is 46.9 Å². The highest BCUT2D eigenvalue weighted by molar-refractivity contribution is 6.35. The molecule has 3 saturated heterocycles. The lowest BCUT2D eigenvalue weighted by Gasteiger charge is -2.44. The van der Waals surface area contributed by atoms with E-state index < -0.39 is 36.6 Å². The molecule has 0 radical (unpaired) electrons. The van der Waals surface area contributed by atoms with E-state index in [9.17, 15) is 23.2 Å². The summed E-state index contributed by atoms with van der Waals surface area (Å²) in [5.41, 5.74) is 1.38. The van der Waals surface area contributed by atoms with E-state index in [1.165, 1.54) is 62.0 Å². The molecule has 4 aliphatic rings. The van der Waals surface area contributed by atoms with Gasteiger partial charge in [0.05, 0.1) is 29.3 Å². The Morgan fingerprint density at radius 3 is 2.32 bits per heavy atom. The van der Waals surface area contributed by atoms with Gasteiger partial charge in [0.25, 0.3) is 5.91 Å². The molecule has 4 fully saturated rings. The number of esters is 2. The minimum absolute atomic E-state index is 0.0207. The van der Waals surface area contributed by atoms with E-state index in [1.807, 2.05) is 0 Å². The Hall–Kier alpha value is -4.98. The summed E-state index contributed by atoms with van der Waals surface area (Å²) >= 11 is 12.9. The zero-order valence-electron chi connectivity index (χ0n) is 31.0. The molecule has 15 heteroatoms. The molecule has 4 heterocycles. The van der Waals surface area contributed by atoms with Crippen LogP contribution < -0.4 is 19.5 Å². The third-order valence-electron chi connectivity index (χ3n) is 10.5. The highest BCUT2D eigenvalue weighted by Crippen LogP contribution is 2.38. The van der Waals surface area contributed by atoms with Crippen LogP contribution >= 0.6 is 23.2 Å². The first-order valence-electron chi connectivity index (χ1n) is 18.7. The predicted molar refractivity (Wildman–Crippen MR) is 206 cm³/mol. The Morgan fingerprint density at radius 2 is 1.63 bits per heavy atom. The quantitative estimate of drug-likeness (QED) is 0.111. The van der Waals surface area contributed by atoms with E-state index in [0.717, 1.165) is 38.8 Å². The highest BCUT2D eigenvalue weighted by Gasteiger charge is 2.38. The molecule has 57 heavy (non-hydrogen) atoms. The minimum Gasteiger partial charge on any atom is -0.497 e. The number of piperidine rings is 3. The van der Waals surface area contributed by atoms with Gasteiger partial charge in [-0.3, -0.25) is 14.7 Å². The topological polar surface area (TPSA) is 126 Å². The number of halogens is 4. The average Bonchev–Trinajstić information content (AvgIpc) is 4.05. The summed E-state index contributed by atoms with van der Waals surface area (Å²) in [6, 6.07) is 15.8. The number of hydrogen-bond donors (Lipinski definition) is 1. The second kappa shape index (κ2) is 18.1. The number of alkyl halides is 2. The van der Waals surface area contributed by atoms with Gasteiger partial charge in [-0.05, 0) is 110 Å². The van der Waals surface area contributed by atoms with Crippen LogP contribution in [0.2, 0.25) is 10.0 Å². The number of fused-ring (bicyclic) bond motifs is 3. The van der Waals surface area contributed by atoms with Crippen molar-refractivity contribution in [3.63, 3.8) is 0 Å². The Balaban J connectivity index is 1.13. The van der Waals surface area contributed by atoms with Crippen molar-refractivity contribution in [1.82, 2.24) is 15.2 Å². The molecule has 1 saturated carbocycles. The lowest BCUT2D eigenvalue weighted by molar-refractivity contribution is -0.161. The molecule has 3 atom stereocenters. The zero-order valence-corrected chi connectivity index (χ0v) is 32.5. The SMILES string of the molecule is COc1cccc(C(NC(=O)c2cccc(C(=O)O[C@@H](Cc3c(Cl)cncc3Cl)c3ccc(OC(F)F)c(OCC4CC4)c3)c2)C(=O)O[C@H]2CN3CCC2CC3)c1. The molecule has 4 aromatic rings. The molecule has 3 aliphatic heterocycles. The first-order chi connectivity index (χ1) is 27.5. The van der Waals surface area contributed by atoms with Gasteiger partial charge in [-0.15, -0.1) is 0 Å². The first kappa shape index (κ1) is 40.2. The van der Waals surface area contributed by atoms with Gasteiger partial charge in [-0.25, -0.2) is 9.59 Å². The fourth-order valence-corrected chi connectivity index (χ4v) is 7.65. The summed E-state index contributed by atoms with van der Waals surface area (Å²) in [6.45, 7) is -0.202. The van der Waals surface area contributed by atoms with E-state index >= 15 is 0 Å². The van der Waals surface area contributed by atoms with Gasteiger partial charge in [-0.1, -0.05) is 47.5 Å². The maximum atomic E-state index is 13.9. The van der Waals surface area contributed by atoms with Crippen LogP contribution in [0.3, 0.4) is 0 Å². The Kier molecular flexibility index (Phi) is 12.8. The van der Waals surface area contributed by atoms with Gasteiger partial charge in [0.1, 0.15) is 18.0 Å². The normalized spacial score (nSPS) is 19.6. The maximum absolute atomic E-state index is 13.9. The number of benzene rings is 3. The van der Waals surface area contributed by atoms with Crippen molar-refractivity contribution in [1.29, 1.82) is 0 Å². The second-order valence-corrected chi connectivity index (χ2v) is 15.2. The number of nitrogens with one attached hydrogen (secondary N) is 1. The van der Waals surface area contributed by atoms with Crippen LogP contribution in [-0.4, -0.2) is 73.8 Å². The number of pyridine rings is 1. The van der Waals surface area contributed by atoms with Crippen molar-refractivity contribution in [2.75, 3.05) is 33.4 Å². The van der Waals surface area contributed by atoms with Gasteiger partial charge in [-0.2, -0.15) is 8.78 Å². The van der Waals surface area contributed by atoms with Gasteiger partial charge in [0.2, 0.25) is 0 Å². The van der Waals surface area contributed by atoms with Crippen LogP contribution in [0.5, 0.6) is 17.2 Å². The standard InChI is InChI=1S/C42H41Cl2F2N3O8/c1-53-30-7-3-4-27(17-30)38(41(52)56-37-22-49-14-12-25(37)13-15-49)48-39(50)28-5-2-6-29(16-28)40(51)55-35(19-31-32(43)20-47-21-33(31)44)26-10-11-34(57-42(45)46)36(18-26)54-23-24-8-9-24/h2-7,10-11,16-18,20-21,24-25,35,37-38,42H,8-9,12-15,19,22-23H2,1H3,(H,48,50)/t35-,37-,38?/m0/s1. The van der Waals surface area contributed by atoms with E-state index in [2.05, 4.69) is 15.2 Å². The Bertz CT molecular complexity index is 2080. The molecule has 300 valence electrons. The maximum Gasteiger partial charge on any atom is 0.387 e. The zero-order chi connectivity index (χ0) is 40.1. The monoisotopic (exact) mass is 823 g/mol. The van der Waals surface area contributed by atoms with Crippen molar-refractivity contribution in [3.8, 4) is 17.2 Å². The molecule has 8 rings (SSSR count). The van der Waals surface area contributed by atoms with Crippen molar-refractivity contribution >= 4 is 41.0 Å². The third-order valence-corrected chi connectivity index (χ3v) is 11.1. The third kappa shape index (κ3) is 10.1. The van der Waals surface area contributed by atoms with Crippen LogP contribution in [0.25, 0.3) is 0 Å². The van der Waals surface area contributed by atoms with Crippen LogP contribution in [0, 0.1) is 11.8 Å². The summed E-state index contributed by atoms with van der Waals surface area (Å²) in [7, 11) is 1.51. The number of nitrogens with zero attached hydrogens (tertiary/aromatic N) is 2. The number of carbonyl (C=O) groups excluding carboxylic acids is 3. The fourth-order valence-electron chi connectivity index (χ4n) is 7.13. The molecule has 2 bridgehead atoms. The van der Waals surface area contributed by atoms with Gasteiger partial charge < -0.3 is 29.0 Å². The molecular formula is C42H41Cl2F2N3O8. The molecule has 1 N–H and O–H groups in total. The summed E-state index contributed by atoms with van der Waals surface area (Å²) in [4.78, 5) is 47.9. The fraction of sp³-hybridized carbons (Fsp3) is 0.381. The number of aromatic nitrogens is 1. The molecule has 1 aromatic heterocycles. The van der Waals surface area contributed by atoms with Crippen LogP contribution in [-0.2, 0) is 20.7 Å². The molecule has 3 aromatic carbocycles. The summed E-state index contributed by atoms with van der Waals surface area (Å²) < 4.78 is 54.7. The number of carbonyl (C=O) groups is 3. The number of amides is 1. The van der Waals surface area contributed by atoms with Crippen LogP contribution in [0.15, 0.2) is 79.1 Å². The molecule has 1 aliphatic carbocycles. The molecule has 1 amide bonds. The number of methoxy groups -OCH3 is 1. The van der Waals surface area contributed by atoms with E-state index in [-0.39, 0.29) is 51.1 Å². The van der Waals surface area contributed by atoms with Crippen molar-refractivity contribution in [2.24, 2.45) is 11.8 Å².